The standard InChI is InChI=1S/C12H15N3O3/c1-16-9-5-3-4-8(6-9)11-14-12(18-15-11)10(7-13)17-2/h3-6,10H,7,13H2,1-2H3. The molecule has 1 unspecified atom stereocenters. The number of nitrogens with two attached hydrogens (primary N) is 1. The fourth-order valence-electron chi connectivity index (χ4n) is 1.54. The number of aromatic nitrogens is 2. The van der Waals surface area contributed by atoms with Gasteiger partial charge < -0.3 is 19.7 Å². The molecular formula is C12H15N3O3. The van der Waals surface area contributed by atoms with Crippen molar-refractivity contribution in [1.82, 2.24) is 10.1 Å². The van der Waals surface area contributed by atoms with E-state index in [9.17, 15) is 0 Å². The molecule has 0 aliphatic carbocycles. The van der Waals surface area contributed by atoms with Crippen molar-refractivity contribution in [3.8, 4) is 17.1 Å². The van der Waals surface area contributed by atoms with E-state index in [1.807, 2.05) is 24.3 Å². The van der Waals surface area contributed by atoms with E-state index in [1.165, 1.54) is 0 Å². The molecule has 0 aliphatic heterocycles. The van der Waals surface area contributed by atoms with E-state index in [2.05, 4.69) is 10.1 Å². The molecule has 0 bridgehead atoms. The summed E-state index contributed by atoms with van der Waals surface area (Å²) in [6.45, 7) is 0.288. The molecular weight excluding hydrogens is 234 g/mol. The zero-order valence-electron chi connectivity index (χ0n) is 10.3. The van der Waals surface area contributed by atoms with Crippen LogP contribution in [0.4, 0.5) is 0 Å². The summed E-state index contributed by atoms with van der Waals surface area (Å²) in [6, 6.07) is 7.42. The highest BCUT2D eigenvalue weighted by Crippen LogP contribution is 2.23. The number of ether oxygens (including phenoxy) is 2. The molecule has 0 saturated heterocycles. The third-order valence-electron chi connectivity index (χ3n) is 2.54. The largest absolute Gasteiger partial charge is 0.497 e. The van der Waals surface area contributed by atoms with Crippen molar-refractivity contribution in [2.75, 3.05) is 20.8 Å². The summed E-state index contributed by atoms with van der Waals surface area (Å²) in [7, 11) is 3.16. The molecule has 0 fully saturated rings. The minimum atomic E-state index is -0.378. The third-order valence-corrected chi connectivity index (χ3v) is 2.54. The number of hydrogen-bond acceptors (Lipinski definition) is 6. The van der Waals surface area contributed by atoms with Crippen molar-refractivity contribution in [2.24, 2.45) is 5.73 Å². The fraction of sp³-hybridized carbons (Fsp3) is 0.333. The molecule has 96 valence electrons. The second kappa shape index (κ2) is 5.61. The van der Waals surface area contributed by atoms with Crippen molar-refractivity contribution >= 4 is 0 Å². The Labute approximate surface area is 105 Å². The second-order valence-electron chi connectivity index (χ2n) is 3.65. The lowest BCUT2D eigenvalue weighted by Crippen LogP contribution is -2.14. The first kappa shape index (κ1) is 12.5. The molecule has 1 heterocycles. The van der Waals surface area contributed by atoms with E-state index in [0.29, 0.717) is 11.7 Å². The van der Waals surface area contributed by atoms with Gasteiger partial charge in [0.25, 0.3) is 5.89 Å². The molecule has 0 aliphatic rings. The monoisotopic (exact) mass is 249 g/mol. The summed E-state index contributed by atoms with van der Waals surface area (Å²) < 4.78 is 15.4. The Bertz CT molecular complexity index is 509. The zero-order valence-corrected chi connectivity index (χ0v) is 10.3. The molecule has 1 aromatic carbocycles. The van der Waals surface area contributed by atoms with Crippen molar-refractivity contribution in [3.63, 3.8) is 0 Å². The number of benzene rings is 1. The van der Waals surface area contributed by atoms with Crippen LogP contribution in [-0.4, -0.2) is 30.9 Å². The van der Waals surface area contributed by atoms with Crippen LogP contribution in [0.3, 0.4) is 0 Å². The van der Waals surface area contributed by atoms with Gasteiger partial charge in [-0.1, -0.05) is 17.3 Å². The number of nitrogens with zero attached hydrogens (tertiary/aromatic N) is 2. The second-order valence-corrected chi connectivity index (χ2v) is 3.65. The number of methoxy groups -OCH3 is 2. The van der Waals surface area contributed by atoms with Gasteiger partial charge in [-0.05, 0) is 12.1 Å². The molecule has 6 nitrogen and oxygen atoms in total. The Morgan fingerprint density at radius 2 is 2.22 bits per heavy atom. The maximum atomic E-state index is 5.54. The first-order chi connectivity index (χ1) is 8.78. The summed E-state index contributed by atoms with van der Waals surface area (Å²) in [6.07, 6.45) is -0.378. The lowest BCUT2D eigenvalue weighted by atomic mass is 10.2. The average Bonchev–Trinajstić information content (AvgIpc) is 2.90. The third kappa shape index (κ3) is 2.49. The van der Waals surface area contributed by atoms with Crippen LogP contribution in [0.15, 0.2) is 28.8 Å². The van der Waals surface area contributed by atoms with Crippen molar-refractivity contribution in [2.45, 2.75) is 6.10 Å². The van der Waals surface area contributed by atoms with E-state index >= 15 is 0 Å². The predicted molar refractivity (Wildman–Crippen MR) is 65.1 cm³/mol. The van der Waals surface area contributed by atoms with Gasteiger partial charge in [-0.25, -0.2) is 0 Å². The number of hydrogen-bond donors (Lipinski definition) is 1. The SMILES string of the molecule is COc1cccc(-c2noc(C(CN)OC)n2)c1. The Morgan fingerprint density at radius 3 is 2.89 bits per heavy atom. The zero-order chi connectivity index (χ0) is 13.0. The first-order valence-corrected chi connectivity index (χ1v) is 5.49. The highest BCUT2D eigenvalue weighted by Gasteiger charge is 2.17. The maximum absolute atomic E-state index is 5.54. The molecule has 0 radical (unpaired) electrons. The Balaban J connectivity index is 2.28. The molecule has 2 rings (SSSR count). The van der Waals surface area contributed by atoms with Crippen LogP contribution < -0.4 is 10.5 Å². The molecule has 2 N–H and O–H groups in total. The first-order valence-electron chi connectivity index (χ1n) is 5.49. The minimum absolute atomic E-state index is 0.288. The summed E-state index contributed by atoms with van der Waals surface area (Å²) in [4.78, 5) is 4.26. The van der Waals surface area contributed by atoms with Crippen LogP contribution in [-0.2, 0) is 4.74 Å². The summed E-state index contributed by atoms with van der Waals surface area (Å²) >= 11 is 0. The normalized spacial score (nSPS) is 12.4. The molecule has 0 amide bonds. The van der Waals surface area contributed by atoms with Crippen LogP contribution in [0, 0.1) is 0 Å². The van der Waals surface area contributed by atoms with Gasteiger partial charge >= 0.3 is 0 Å². The van der Waals surface area contributed by atoms with E-state index in [1.54, 1.807) is 14.2 Å². The highest BCUT2D eigenvalue weighted by molar-refractivity contribution is 5.56. The van der Waals surface area contributed by atoms with Crippen molar-refractivity contribution < 1.29 is 14.0 Å². The van der Waals surface area contributed by atoms with Gasteiger partial charge in [-0.3, -0.25) is 0 Å². The molecule has 1 aromatic heterocycles. The van der Waals surface area contributed by atoms with Crippen LogP contribution in [0.5, 0.6) is 5.75 Å². The Kier molecular flexibility index (Phi) is 3.91. The van der Waals surface area contributed by atoms with Crippen LogP contribution in [0.2, 0.25) is 0 Å². The minimum Gasteiger partial charge on any atom is -0.497 e. The summed E-state index contributed by atoms with van der Waals surface area (Å²) in [5.74, 6) is 1.60. The molecule has 18 heavy (non-hydrogen) atoms. The summed E-state index contributed by atoms with van der Waals surface area (Å²) in [5, 5.41) is 3.90. The average molecular weight is 249 g/mol. The van der Waals surface area contributed by atoms with Gasteiger partial charge in [0, 0.05) is 19.2 Å². The van der Waals surface area contributed by atoms with Gasteiger partial charge in [-0.15, -0.1) is 0 Å². The molecule has 6 heteroatoms. The van der Waals surface area contributed by atoms with Crippen LogP contribution in [0.1, 0.15) is 12.0 Å². The number of rotatable bonds is 5. The van der Waals surface area contributed by atoms with E-state index in [0.717, 1.165) is 11.3 Å². The molecule has 0 saturated carbocycles. The van der Waals surface area contributed by atoms with Crippen molar-refractivity contribution in [1.29, 1.82) is 0 Å². The van der Waals surface area contributed by atoms with Crippen LogP contribution in [0.25, 0.3) is 11.4 Å². The highest BCUT2D eigenvalue weighted by atomic mass is 16.5. The Morgan fingerprint density at radius 1 is 1.39 bits per heavy atom. The Hall–Kier alpha value is -1.92. The fourth-order valence-corrected chi connectivity index (χ4v) is 1.54. The molecule has 2 aromatic rings. The lowest BCUT2D eigenvalue weighted by Gasteiger charge is -2.05. The van der Waals surface area contributed by atoms with Gasteiger partial charge in [0.2, 0.25) is 5.82 Å². The summed E-state index contributed by atoms with van der Waals surface area (Å²) in [5.41, 5.74) is 6.35. The van der Waals surface area contributed by atoms with Gasteiger partial charge in [0.05, 0.1) is 7.11 Å². The molecule has 1 atom stereocenters. The van der Waals surface area contributed by atoms with Crippen LogP contribution >= 0.6 is 0 Å². The lowest BCUT2D eigenvalue weighted by molar-refractivity contribution is 0.0804. The maximum Gasteiger partial charge on any atom is 0.257 e. The smallest absolute Gasteiger partial charge is 0.257 e. The quantitative estimate of drug-likeness (QED) is 0.862. The van der Waals surface area contributed by atoms with Gasteiger partial charge in [-0.2, -0.15) is 4.98 Å². The topological polar surface area (TPSA) is 83.4 Å². The van der Waals surface area contributed by atoms with Crippen molar-refractivity contribution in [3.05, 3.63) is 30.2 Å². The van der Waals surface area contributed by atoms with E-state index < -0.39 is 0 Å². The van der Waals surface area contributed by atoms with Gasteiger partial charge in [0.15, 0.2) is 0 Å². The van der Waals surface area contributed by atoms with E-state index in [-0.39, 0.29) is 12.6 Å². The molecule has 0 spiro atoms. The predicted octanol–water partition coefficient (Wildman–Crippen LogP) is 1.39. The van der Waals surface area contributed by atoms with E-state index in [4.69, 9.17) is 19.7 Å². The van der Waals surface area contributed by atoms with Gasteiger partial charge in [0.1, 0.15) is 11.9 Å².